The Morgan fingerprint density at radius 3 is 2.82 bits per heavy atom. The van der Waals surface area contributed by atoms with Crippen LogP contribution in [0.15, 0.2) is 22.7 Å². The van der Waals surface area contributed by atoms with E-state index in [-0.39, 0.29) is 24.7 Å². The summed E-state index contributed by atoms with van der Waals surface area (Å²) >= 11 is 3.22. The number of halogens is 3. The Hall–Kier alpha value is -1.70. The van der Waals surface area contributed by atoms with E-state index in [1.165, 1.54) is 17.0 Å². The lowest BCUT2D eigenvalue weighted by Gasteiger charge is -2.13. The van der Waals surface area contributed by atoms with E-state index in [9.17, 15) is 18.4 Å². The molecule has 0 spiro atoms. The number of carbonyl (C=O) groups is 2. The zero-order valence-electron chi connectivity index (χ0n) is 11.7. The number of amides is 1. The maximum atomic E-state index is 12.3. The van der Waals surface area contributed by atoms with Gasteiger partial charge >= 0.3 is 12.6 Å². The van der Waals surface area contributed by atoms with E-state index < -0.39 is 18.5 Å². The summed E-state index contributed by atoms with van der Waals surface area (Å²) in [4.78, 5) is 24.8. The molecule has 1 heterocycles. The fourth-order valence-electron chi connectivity index (χ4n) is 2.16. The average Bonchev–Trinajstić information content (AvgIpc) is 2.78. The van der Waals surface area contributed by atoms with Crippen molar-refractivity contribution in [1.29, 1.82) is 0 Å². The van der Waals surface area contributed by atoms with Crippen LogP contribution in [0.5, 0.6) is 5.75 Å². The smallest absolute Gasteiger partial charge is 0.387 e. The molecule has 5 nitrogen and oxygen atoms in total. The predicted molar refractivity (Wildman–Crippen MR) is 76.3 cm³/mol. The van der Waals surface area contributed by atoms with Crippen LogP contribution in [0.3, 0.4) is 0 Å². The molecule has 0 aliphatic carbocycles. The summed E-state index contributed by atoms with van der Waals surface area (Å²) in [6.07, 6.45) is 0.105. The second kappa shape index (κ2) is 7.04. The molecule has 0 unspecified atom stereocenters. The molecule has 1 aliphatic rings. The maximum Gasteiger partial charge on any atom is 0.387 e. The molecule has 1 fully saturated rings. The number of hydrogen-bond donors (Lipinski definition) is 0. The molecule has 120 valence electrons. The van der Waals surface area contributed by atoms with Gasteiger partial charge in [-0.3, -0.25) is 9.59 Å². The van der Waals surface area contributed by atoms with Crippen LogP contribution in [0.25, 0.3) is 0 Å². The third kappa shape index (κ3) is 4.16. The SMILES string of the molecule is CN1C[C@H](C(=O)OCc2cc(Br)ccc2OC(F)F)CC1=O. The second-order valence-corrected chi connectivity index (χ2v) is 5.83. The zero-order chi connectivity index (χ0) is 16.3. The Labute approximate surface area is 134 Å². The van der Waals surface area contributed by atoms with Gasteiger partial charge in [-0.2, -0.15) is 8.78 Å². The number of benzene rings is 1. The lowest BCUT2D eigenvalue weighted by Crippen LogP contribution is -2.22. The minimum absolute atomic E-state index is 0.0504. The number of nitrogens with zero attached hydrogens (tertiary/aromatic N) is 1. The first kappa shape index (κ1) is 16.7. The number of rotatable bonds is 5. The summed E-state index contributed by atoms with van der Waals surface area (Å²) in [6.45, 7) is -2.86. The van der Waals surface area contributed by atoms with E-state index in [0.717, 1.165) is 0 Å². The first-order valence-electron chi connectivity index (χ1n) is 6.50. The van der Waals surface area contributed by atoms with E-state index in [0.29, 0.717) is 16.6 Å². The van der Waals surface area contributed by atoms with Crippen LogP contribution in [-0.4, -0.2) is 37.0 Å². The predicted octanol–water partition coefficient (Wildman–Crippen LogP) is 2.57. The molecular formula is C14H14BrF2NO4. The Balaban J connectivity index is 2.00. The highest BCUT2D eigenvalue weighted by Gasteiger charge is 2.33. The van der Waals surface area contributed by atoms with E-state index in [1.807, 2.05) is 0 Å². The average molecular weight is 378 g/mol. The Morgan fingerprint density at radius 1 is 1.50 bits per heavy atom. The van der Waals surface area contributed by atoms with Crippen molar-refractivity contribution in [3.63, 3.8) is 0 Å². The highest BCUT2D eigenvalue weighted by Crippen LogP contribution is 2.26. The Bertz CT molecular complexity index is 582. The third-order valence-electron chi connectivity index (χ3n) is 3.28. The second-order valence-electron chi connectivity index (χ2n) is 4.91. The topological polar surface area (TPSA) is 55.8 Å². The van der Waals surface area contributed by atoms with Gasteiger partial charge in [0.25, 0.3) is 0 Å². The van der Waals surface area contributed by atoms with Crippen LogP contribution in [0.1, 0.15) is 12.0 Å². The molecule has 1 atom stereocenters. The van der Waals surface area contributed by atoms with Crippen LogP contribution < -0.4 is 4.74 Å². The van der Waals surface area contributed by atoms with Crippen molar-refractivity contribution in [3.05, 3.63) is 28.2 Å². The van der Waals surface area contributed by atoms with Gasteiger partial charge in [0.1, 0.15) is 12.4 Å². The molecule has 0 saturated carbocycles. The molecule has 22 heavy (non-hydrogen) atoms. The van der Waals surface area contributed by atoms with Crippen LogP contribution in [-0.2, 0) is 20.9 Å². The van der Waals surface area contributed by atoms with Crippen molar-refractivity contribution in [1.82, 2.24) is 4.90 Å². The van der Waals surface area contributed by atoms with Gasteiger partial charge in [0, 0.05) is 30.0 Å². The number of hydrogen-bond acceptors (Lipinski definition) is 4. The third-order valence-corrected chi connectivity index (χ3v) is 3.78. The minimum Gasteiger partial charge on any atom is -0.460 e. The lowest BCUT2D eigenvalue weighted by molar-refractivity contribution is -0.149. The quantitative estimate of drug-likeness (QED) is 0.740. The molecule has 1 aromatic carbocycles. The standard InChI is InChI=1S/C14H14BrF2NO4/c1-18-6-8(5-12(18)19)13(20)21-7-9-4-10(15)2-3-11(9)22-14(16)17/h2-4,8,14H,5-7H2,1H3/t8-/m1/s1. The molecule has 0 N–H and O–H groups in total. The van der Waals surface area contributed by atoms with E-state index in [2.05, 4.69) is 20.7 Å². The summed E-state index contributed by atoms with van der Waals surface area (Å²) in [7, 11) is 1.61. The summed E-state index contributed by atoms with van der Waals surface area (Å²) in [5.74, 6) is -1.22. The maximum absolute atomic E-state index is 12.3. The van der Waals surface area contributed by atoms with Crippen LogP contribution in [0, 0.1) is 5.92 Å². The molecule has 0 aromatic heterocycles. The highest BCUT2D eigenvalue weighted by atomic mass is 79.9. The molecule has 0 radical (unpaired) electrons. The molecule has 1 aromatic rings. The molecule has 1 saturated heterocycles. The van der Waals surface area contributed by atoms with Crippen LogP contribution >= 0.6 is 15.9 Å². The molecular weight excluding hydrogens is 364 g/mol. The van der Waals surface area contributed by atoms with Gasteiger partial charge in [-0.05, 0) is 18.2 Å². The van der Waals surface area contributed by atoms with Crippen LogP contribution in [0.4, 0.5) is 8.78 Å². The van der Waals surface area contributed by atoms with E-state index in [4.69, 9.17) is 4.74 Å². The Kier molecular flexibility index (Phi) is 5.33. The first-order chi connectivity index (χ1) is 10.4. The fourth-order valence-corrected chi connectivity index (χ4v) is 2.57. The number of ether oxygens (including phenoxy) is 2. The van der Waals surface area contributed by atoms with Gasteiger partial charge in [0.05, 0.1) is 5.92 Å². The molecule has 2 rings (SSSR count). The van der Waals surface area contributed by atoms with Gasteiger partial charge in [-0.1, -0.05) is 15.9 Å². The van der Waals surface area contributed by atoms with E-state index >= 15 is 0 Å². The van der Waals surface area contributed by atoms with Gasteiger partial charge in [0.15, 0.2) is 0 Å². The van der Waals surface area contributed by atoms with Crippen molar-refractivity contribution in [2.24, 2.45) is 5.92 Å². The molecule has 8 heteroatoms. The van der Waals surface area contributed by atoms with Crippen molar-refractivity contribution < 1.29 is 27.8 Å². The summed E-state index contributed by atoms with van der Waals surface area (Å²) < 4.78 is 34.8. The normalized spacial score (nSPS) is 18.0. The summed E-state index contributed by atoms with van der Waals surface area (Å²) in [6, 6.07) is 4.46. The largest absolute Gasteiger partial charge is 0.460 e. The summed E-state index contributed by atoms with van der Waals surface area (Å²) in [5.41, 5.74) is 0.320. The zero-order valence-corrected chi connectivity index (χ0v) is 13.3. The van der Waals surface area contributed by atoms with E-state index in [1.54, 1.807) is 13.1 Å². The van der Waals surface area contributed by atoms with Gasteiger partial charge < -0.3 is 14.4 Å². The number of likely N-dealkylation sites (tertiary alicyclic amines) is 1. The number of esters is 1. The van der Waals surface area contributed by atoms with Crippen LogP contribution in [0.2, 0.25) is 0 Å². The lowest BCUT2D eigenvalue weighted by atomic mass is 10.1. The van der Waals surface area contributed by atoms with Gasteiger partial charge in [0.2, 0.25) is 5.91 Å². The van der Waals surface area contributed by atoms with Crippen molar-refractivity contribution in [2.75, 3.05) is 13.6 Å². The fraction of sp³-hybridized carbons (Fsp3) is 0.429. The number of carbonyl (C=O) groups excluding carboxylic acids is 2. The van der Waals surface area contributed by atoms with Gasteiger partial charge in [-0.25, -0.2) is 0 Å². The number of alkyl halides is 2. The highest BCUT2D eigenvalue weighted by molar-refractivity contribution is 9.10. The molecule has 1 aliphatic heterocycles. The molecule has 0 bridgehead atoms. The summed E-state index contributed by atoms with van der Waals surface area (Å²) in [5, 5.41) is 0. The van der Waals surface area contributed by atoms with Crippen molar-refractivity contribution in [3.8, 4) is 5.75 Å². The minimum atomic E-state index is -2.96. The molecule has 1 amide bonds. The first-order valence-corrected chi connectivity index (χ1v) is 7.30. The van der Waals surface area contributed by atoms with Crippen molar-refractivity contribution in [2.45, 2.75) is 19.6 Å². The Morgan fingerprint density at radius 2 is 2.23 bits per heavy atom. The monoisotopic (exact) mass is 377 g/mol. The van der Waals surface area contributed by atoms with Crippen molar-refractivity contribution >= 4 is 27.8 Å². The van der Waals surface area contributed by atoms with Gasteiger partial charge in [-0.15, -0.1) is 0 Å².